The van der Waals surface area contributed by atoms with Crippen LogP contribution in [0.2, 0.25) is 0 Å². The van der Waals surface area contributed by atoms with E-state index in [1.807, 2.05) is 0 Å². The summed E-state index contributed by atoms with van der Waals surface area (Å²) in [7, 11) is -9.92. The van der Waals surface area contributed by atoms with Crippen LogP contribution in [-0.2, 0) is 65.4 Å². The molecule has 3 N–H and O–H groups in total. The Morgan fingerprint density at radius 1 is 0.293 bits per heavy atom. The van der Waals surface area contributed by atoms with Gasteiger partial charge in [-0.2, -0.15) is 0 Å². The van der Waals surface area contributed by atoms with Crippen LogP contribution in [0.25, 0.3) is 0 Å². The molecule has 0 radical (unpaired) electrons. The molecule has 0 saturated carbocycles. The van der Waals surface area contributed by atoms with Crippen molar-refractivity contribution in [2.45, 2.75) is 433 Å². The van der Waals surface area contributed by atoms with Crippen LogP contribution in [0.15, 0.2) is 0 Å². The second kappa shape index (κ2) is 70.4. The number of aliphatic hydroxyl groups excluding tert-OH is 1. The number of aliphatic hydroxyl groups is 1. The van der Waals surface area contributed by atoms with Gasteiger partial charge in [0.2, 0.25) is 0 Å². The predicted octanol–water partition coefficient (Wildman–Crippen LogP) is 23.7. The van der Waals surface area contributed by atoms with E-state index in [0.29, 0.717) is 25.7 Å². The number of carbonyl (C=O) groups is 4. The molecule has 0 amide bonds. The molecule has 99 heavy (non-hydrogen) atoms. The molecule has 0 heterocycles. The highest BCUT2D eigenvalue weighted by molar-refractivity contribution is 7.47. The fourth-order valence-electron chi connectivity index (χ4n) is 12.3. The van der Waals surface area contributed by atoms with E-state index in [1.165, 1.54) is 218 Å². The summed E-state index contributed by atoms with van der Waals surface area (Å²) in [4.78, 5) is 72.9. The largest absolute Gasteiger partial charge is 0.472 e. The first-order valence-corrected chi connectivity index (χ1v) is 44.4. The van der Waals surface area contributed by atoms with Gasteiger partial charge < -0.3 is 33.8 Å². The molecule has 0 aliphatic heterocycles. The van der Waals surface area contributed by atoms with Crippen molar-refractivity contribution in [2.24, 2.45) is 17.8 Å². The molecule has 0 aliphatic rings. The van der Waals surface area contributed by atoms with Gasteiger partial charge in [-0.3, -0.25) is 37.3 Å². The molecular formula is C80H156O17P2. The van der Waals surface area contributed by atoms with E-state index in [0.717, 1.165) is 114 Å². The van der Waals surface area contributed by atoms with Crippen molar-refractivity contribution in [1.29, 1.82) is 0 Å². The number of carbonyl (C=O) groups excluding carboxylic acids is 4. The number of phosphoric ester groups is 2. The van der Waals surface area contributed by atoms with Crippen molar-refractivity contribution in [3.8, 4) is 0 Å². The van der Waals surface area contributed by atoms with Crippen LogP contribution in [-0.4, -0.2) is 96.7 Å². The molecule has 17 nitrogen and oxygen atoms in total. The minimum absolute atomic E-state index is 0.104. The minimum atomic E-state index is -4.96. The molecule has 19 heteroatoms. The lowest BCUT2D eigenvalue weighted by Crippen LogP contribution is -2.30. The summed E-state index contributed by atoms with van der Waals surface area (Å²) >= 11 is 0. The smallest absolute Gasteiger partial charge is 0.462 e. The summed E-state index contributed by atoms with van der Waals surface area (Å²) in [5.74, 6) is 0.143. The second-order valence-corrected chi connectivity index (χ2v) is 32.9. The fourth-order valence-corrected chi connectivity index (χ4v) is 13.9. The van der Waals surface area contributed by atoms with Gasteiger partial charge in [-0.1, -0.05) is 363 Å². The molecule has 0 aliphatic carbocycles. The lowest BCUT2D eigenvalue weighted by atomic mass is 10.00. The van der Waals surface area contributed by atoms with Crippen molar-refractivity contribution in [2.75, 3.05) is 39.6 Å². The Hall–Kier alpha value is -1.94. The van der Waals surface area contributed by atoms with Gasteiger partial charge in [0.05, 0.1) is 26.4 Å². The number of phosphoric acid groups is 2. The lowest BCUT2D eigenvalue weighted by molar-refractivity contribution is -0.161. The van der Waals surface area contributed by atoms with Crippen LogP contribution in [0.4, 0.5) is 0 Å². The molecule has 0 aromatic carbocycles. The number of hydrogen-bond donors (Lipinski definition) is 3. The van der Waals surface area contributed by atoms with Gasteiger partial charge in [0, 0.05) is 25.7 Å². The van der Waals surface area contributed by atoms with E-state index in [4.69, 9.17) is 37.0 Å². The Labute approximate surface area is 607 Å². The van der Waals surface area contributed by atoms with Crippen LogP contribution in [0, 0.1) is 17.8 Å². The number of esters is 4. The van der Waals surface area contributed by atoms with Crippen molar-refractivity contribution in [3.63, 3.8) is 0 Å². The zero-order chi connectivity index (χ0) is 73.0. The van der Waals surface area contributed by atoms with Crippen LogP contribution in [0.1, 0.15) is 414 Å². The molecule has 0 aromatic rings. The molecular weight excluding hydrogens is 1290 g/mol. The summed E-state index contributed by atoms with van der Waals surface area (Å²) in [6.07, 6.45) is 58.5. The number of unbranched alkanes of at least 4 members (excludes halogenated alkanes) is 45. The van der Waals surface area contributed by atoms with Crippen molar-refractivity contribution in [1.82, 2.24) is 0 Å². The van der Waals surface area contributed by atoms with Gasteiger partial charge in [-0.25, -0.2) is 9.13 Å². The Kier molecular flexibility index (Phi) is 69.0. The minimum Gasteiger partial charge on any atom is -0.462 e. The third kappa shape index (κ3) is 72.8. The summed E-state index contributed by atoms with van der Waals surface area (Å²) in [6, 6.07) is 0. The highest BCUT2D eigenvalue weighted by atomic mass is 31.2. The average Bonchev–Trinajstić information content (AvgIpc) is 0.951. The van der Waals surface area contributed by atoms with Crippen LogP contribution >= 0.6 is 15.6 Å². The monoisotopic (exact) mass is 1450 g/mol. The van der Waals surface area contributed by atoms with E-state index in [9.17, 15) is 43.2 Å². The average molecular weight is 1450 g/mol. The summed E-state index contributed by atoms with van der Waals surface area (Å²) in [5, 5.41) is 10.6. The summed E-state index contributed by atoms with van der Waals surface area (Å²) < 4.78 is 68.6. The highest BCUT2D eigenvalue weighted by Gasteiger charge is 2.30. The van der Waals surface area contributed by atoms with E-state index in [-0.39, 0.29) is 25.7 Å². The normalized spacial score (nSPS) is 14.3. The maximum atomic E-state index is 13.1. The van der Waals surface area contributed by atoms with E-state index in [1.54, 1.807) is 0 Å². The first-order valence-electron chi connectivity index (χ1n) is 41.4. The van der Waals surface area contributed by atoms with Gasteiger partial charge in [0.1, 0.15) is 19.3 Å². The number of ether oxygens (including phenoxy) is 4. The third-order valence-electron chi connectivity index (χ3n) is 19.0. The topological polar surface area (TPSA) is 237 Å². The second-order valence-electron chi connectivity index (χ2n) is 30.0. The zero-order valence-corrected chi connectivity index (χ0v) is 66.8. The molecule has 588 valence electrons. The molecule has 0 aromatic heterocycles. The number of hydrogen-bond acceptors (Lipinski definition) is 15. The van der Waals surface area contributed by atoms with Gasteiger partial charge in [-0.05, 0) is 43.4 Å². The lowest BCUT2D eigenvalue weighted by Gasteiger charge is -2.21. The molecule has 0 saturated heterocycles. The van der Waals surface area contributed by atoms with Gasteiger partial charge in [-0.15, -0.1) is 0 Å². The number of rotatable bonds is 78. The summed E-state index contributed by atoms with van der Waals surface area (Å²) in [5.41, 5.74) is 0. The van der Waals surface area contributed by atoms with Crippen molar-refractivity contribution in [3.05, 3.63) is 0 Å². The van der Waals surface area contributed by atoms with E-state index in [2.05, 4.69) is 48.5 Å². The summed E-state index contributed by atoms with van der Waals surface area (Å²) in [6.45, 7) is 11.9. The Bertz CT molecular complexity index is 1920. The van der Waals surface area contributed by atoms with Crippen molar-refractivity contribution >= 4 is 39.5 Å². The Morgan fingerprint density at radius 2 is 0.515 bits per heavy atom. The van der Waals surface area contributed by atoms with Crippen LogP contribution < -0.4 is 0 Å². The highest BCUT2D eigenvalue weighted by Crippen LogP contribution is 2.45. The fraction of sp³-hybridized carbons (Fsp3) is 0.950. The van der Waals surface area contributed by atoms with E-state index >= 15 is 0 Å². The van der Waals surface area contributed by atoms with Gasteiger partial charge in [0.15, 0.2) is 12.2 Å². The molecule has 0 spiro atoms. The first-order chi connectivity index (χ1) is 47.8. The zero-order valence-electron chi connectivity index (χ0n) is 65.0. The maximum absolute atomic E-state index is 13.1. The Balaban J connectivity index is 5.22. The van der Waals surface area contributed by atoms with Crippen LogP contribution in [0.5, 0.6) is 0 Å². The van der Waals surface area contributed by atoms with Gasteiger partial charge >= 0.3 is 39.5 Å². The van der Waals surface area contributed by atoms with Crippen molar-refractivity contribution < 1.29 is 80.2 Å². The van der Waals surface area contributed by atoms with Gasteiger partial charge in [0.25, 0.3) is 0 Å². The SMILES string of the molecule is CCCCCCCCCCCCCCCCCCCCCCCC(=O)O[C@H](COC(=O)CCCCCCCCCCCCCCCC(C)C)COP(=O)(O)OC[C@@H](O)COP(=O)(O)OC[C@@H](COC(=O)CCCCCCCCC(C)CC)OC(=O)CCCCCCCCCCCC(C)C. The molecule has 0 bridgehead atoms. The maximum Gasteiger partial charge on any atom is 0.472 e. The predicted molar refractivity (Wildman–Crippen MR) is 405 cm³/mol. The molecule has 0 rings (SSSR count). The van der Waals surface area contributed by atoms with Crippen LogP contribution in [0.3, 0.4) is 0 Å². The molecule has 0 fully saturated rings. The molecule has 3 unspecified atom stereocenters. The standard InChI is InChI=1S/C80H156O17P2/c1-8-10-11-12-13-14-15-16-17-18-19-20-21-22-23-26-30-35-40-49-56-63-79(84)96-75(67-90-77(82)61-54-47-39-34-29-27-24-25-28-32-37-44-51-58-71(3)4)69-94-98(86,87)92-65-74(81)66-93-99(88,89)95-70-76(68-91-78(83)62-55-48-43-42-46-53-60-73(7)9-2)97-80(85)64-57-50-41-36-31-33-38-45-52-59-72(5)6/h71-76,81H,8-70H2,1-7H3,(H,86,87)(H,88,89)/t73?,74-,75-,76-/m1/s1. The third-order valence-corrected chi connectivity index (χ3v) is 20.9. The molecule has 6 atom stereocenters. The first kappa shape index (κ1) is 97.1. The Morgan fingerprint density at radius 3 is 0.768 bits per heavy atom. The quantitative estimate of drug-likeness (QED) is 0.0222. The van der Waals surface area contributed by atoms with E-state index < -0.39 is 97.5 Å².